The number of amides is 1. The quantitative estimate of drug-likeness (QED) is 0.894. The third kappa shape index (κ3) is 3.12. The lowest BCUT2D eigenvalue weighted by Crippen LogP contribution is -2.37. The minimum absolute atomic E-state index is 0.0410. The zero-order valence-corrected chi connectivity index (χ0v) is 11.3. The van der Waals surface area contributed by atoms with Crippen molar-refractivity contribution in [3.05, 3.63) is 48.0 Å². The zero-order chi connectivity index (χ0) is 13.7. The van der Waals surface area contributed by atoms with Crippen LogP contribution in [0.4, 0.5) is 0 Å². The Bertz CT molecular complexity index is 560. The van der Waals surface area contributed by atoms with Gasteiger partial charge in [0.25, 0.3) is 5.91 Å². The largest absolute Gasteiger partial charge is 0.383 e. The average Bonchev–Trinajstić information content (AvgIpc) is 2.46. The summed E-state index contributed by atoms with van der Waals surface area (Å²) in [6.07, 6.45) is 0.852. The van der Waals surface area contributed by atoms with Gasteiger partial charge in [0, 0.05) is 12.7 Å². The van der Waals surface area contributed by atoms with Crippen molar-refractivity contribution in [3.8, 4) is 0 Å². The van der Waals surface area contributed by atoms with Crippen molar-refractivity contribution in [2.75, 3.05) is 13.7 Å². The highest BCUT2D eigenvalue weighted by atomic mass is 16.5. The second-order valence-electron chi connectivity index (χ2n) is 4.56. The molecule has 2 rings (SSSR count). The maximum atomic E-state index is 12.3. The van der Waals surface area contributed by atoms with Crippen LogP contribution in [0.15, 0.2) is 42.5 Å². The lowest BCUT2D eigenvalue weighted by molar-refractivity contribution is 0.0896. The second kappa shape index (κ2) is 6.34. The van der Waals surface area contributed by atoms with E-state index in [0.717, 1.165) is 17.2 Å². The number of carbonyl (C=O) groups is 1. The van der Waals surface area contributed by atoms with Crippen LogP contribution in [-0.2, 0) is 4.74 Å². The minimum Gasteiger partial charge on any atom is -0.383 e. The predicted molar refractivity (Wildman–Crippen MR) is 77.4 cm³/mol. The van der Waals surface area contributed by atoms with Crippen LogP contribution < -0.4 is 5.32 Å². The number of ether oxygens (including phenoxy) is 1. The summed E-state index contributed by atoms with van der Waals surface area (Å²) in [6, 6.07) is 13.7. The fourth-order valence-electron chi connectivity index (χ4n) is 2.15. The minimum atomic E-state index is -0.0410. The number of nitrogens with one attached hydrogen (secondary N) is 1. The van der Waals surface area contributed by atoms with Crippen LogP contribution in [0.5, 0.6) is 0 Å². The Kier molecular flexibility index (Phi) is 4.53. The number of rotatable bonds is 5. The maximum absolute atomic E-state index is 12.3. The molecule has 1 unspecified atom stereocenters. The lowest BCUT2D eigenvalue weighted by Gasteiger charge is -2.16. The van der Waals surface area contributed by atoms with Crippen molar-refractivity contribution in [1.29, 1.82) is 0 Å². The van der Waals surface area contributed by atoms with Crippen LogP contribution in [-0.4, -0.2) is 25.7 Å². The SMILES string of the molecule is CCC(COC)NC(=O)c1cccc2ccccc12. The Morgan fingerprint density at radius 2 is 1.95 bits per heavy atom. The Hall–Kier alpha value is -1.87. The van der Waals surface area contributed by atoms with Gasteiger partial charge in [-0.15, -0.1) is 0 Å². The molecule has 3 heteroatoms. The van der Waals surface area contributed by atoms with E-state index in [2.05, 4.69) is 5.32 Å². The summed E-state index contributed by atoms with van der Waals surface area (Å²) in [5.74, 6) is -0.0410. The molecule has 0 aromatic heterocycles. The van der Waals surface area contributed by atoms with E-state index in [0.29, 0.717) is 12.2 Å². The Balaban J connectivity index is 2.26. The zero-order valence-electron chi connectivity index (χ0n) is 11.3. The third-order valence-corrected chi connectivity index (χ3v) is 3.23. The second-order valence-corrected chi connectivity index (χ2v) is 4.56. The van der Waals surface area contributed by atoms with Crippen molar-refractivity contribution >= 4 is 16.7 Å². The van der Waals surface area contributed by atoms with Gasteiger partial charge in [-0.2, -0.15) is 0 Å². The van der Waals surface area contributed by atoms with Gasteiger partial charge >= 0.3 is 0 Å². The lowest BCUT2D eigenvalue weighted by atomic mass is 10.0. The van der Waals surface area contributed by atoms with Gasteiger partial charge in [-0.05, 0) is 23.3 Å². The summed E-state index contributed by atoms with van der Waals surface area (Å²) in [7, 11) is 1.65. The van der Waals surface area contributed by atoms with Gasteiger partial charge in [0.05, 0.1) is 12.6 Å². The monoisotopic (exact) mass is 257 g/mol. The summed E-state index contributed by atoms with van der Waals surface area (Å²) in [5.41, 5.74) is 0.715. The maximum Gasteiger partial charge on any atom is 0.252 e. The molecule has 0 aliphatic heterocycles. The number of benzene rings is 2. The van der Waals surface area contributed by atoms with Crippen LogP contribution in [0.25, 0.3) is 10.8 Å². The first-order valence-electron chi connectivity index (χ1n) is 6.53. The van der Waals surface area contributed by atoms with Crippen molar-refractivity contribution < 1.29 is 9.53 Å². The molecule has 0 fully saturated rings. The first-order valence-corrected chi connectivity index (χ1v) is 6.53. The highest BCUT2D eigenvalue weighted by Crippen LogP contribution is 2.18. The molecule has 1 atom stereocenters. The van der Waals surface area contributed by atoms with Crippen molar-refractivity contribution in [3.63, 3.8) is 0 Å². The number of hydrogen-bond donors (Lipinski definition) is 1. The molecule has 0 saturated carbocycles. The Morgan fingerprint density at radius 3 is 2.68 bits per heavy atom. The summed E-state index contributed by atoms with van der Waals surface area (Å²) in [4.78, 5) is 12.3. The highest BCUT2D eigenvalue weighted by molar-refractivity contribution is 6.07. The molecule has 1 N–H and O–H groups in total. The van der Waals surface area contributed by atoms with Crippen LogP contribution in [0, 0.1) is 0 Å². The van der Waals surface area contributed by atoms with Crippen molar-refractivity contribution in [2.24, 2.45) is 0 Å². The fraction of sp³-hybridized carbons (Fsp3) is 0.312. The van der Waals surface area contributed by atoms with Crippen LogP contribution in [0.2, 0.25) is 0 Å². The van der Waals surface area contributed by atoms with Gasteiger partial charge < -0.3 is 10.1 Å². The molecule has 2 aromatic carbocycles. The normalized spacial score (nSPS) is 12.3. The van der Waals surface area contributed by atoms with E-state index in [-0.39, 0.29) is 11.9 Å². The molecule has 2 aromatic rings. The van der Waals surface area contributed by atoms with Gasteiger partial charge in [0.2, 0.25) is 0 Å². The Morgan fingerprint density at radius 1 is 1.21 bits per heavy atom. The number of hydrogen-bond acceptors (Lipinski definition) is 2. The first-order chi connectivity index (χ1) is 9.26. The van der Waals surface area contributed by atoms with E-state index in [4.69, 9.17) is 4.74 Å². The number of fused-ring (bicyclic) bond motifs is 1. The molecule has 1 amide bonds. The van der Waals surface area contributed by atoms with E-state index in [1.165, 1.54) is 0 Å². The molecule has 19 heavy (non-hydrogen) atoms. The fourth-order valence-corrected chi connectivity index (χ4v) is 2.15. The molecule has 0 aliphatic rings. The van der Waals surface area contributed by atoms with Crippen LogP contribution >= 0.6 is 0 Å². The molecule has 100 valence electrons. The van der Waals surface area contributed by atoms with E-state index in [1.807, 2.05) is 49.4 Å². The molecule has 0 saturated heterocycles. The van der Waals surface area contributed by atoms with Gasteiger partial charge in [-0.1, -0.05) is 43.3 Å². The topological polar surface area (TPSA) is 38.3 Å². The van der Waals surface area contributed by atoms with E-state index in [9.17, 15) is 4.79 Å². The van der Waals surface area contributed by atoms with E-state index < -0.39 is 0 Å². The van der Waals surface area contributed by atoms with Gasteiger partial charge in [-0.3, -0.25) is 4.79 Å². The molecule has 0 radical (unpaired) electrons. The van der Waals surface area contributed by atoms with E-state index >= 15 is 0 Å². The molecular formula is C16H19NO2. The van der Waals surface area contributed by atoms with Crippen LogP contribution in [0.3, 0.4) is 0 Å². The molecule has 0 aliphatic carbocycles. The van der Waals surface area contributed by atoms with Crippen molar-refractivity contribution in [1.82, 2.24) is 5.32 Å². The third-order valence-electron chi connectivity index (χ3n) is 3.23. The summed E-state index contributed by atoms with van der Waals surface area (Å²) < 4.78 is 5.10. The van der Waals surface area contributed by atoms with Crippen LogP contribution in [0.1, 0.15) is 23.7 Å². The van der Waals surface area contributed by atoms with Gasteiger partial charge in [-0.25, -0.2) is 0 Å². The molecule has 3 nitrogen and oxygen atoms in total. The summed E-state index contributed by atoms with van der Waals surface area (Å²) >= 11 is 0. The molecular weight excluding hydrogens is 238 g/mol. The smallest absolute Gasteiger partial charge is 0.252 e. The molecule has 0 heterocycles. The summed E-state index contributed by atoms with van der Waals surface area (Å²) in [6.45, 7) is 2.57. The predicted octanol–water partition coefficient (Wildman–Crippen LogP) is 2.99. The molecule has 0 spiro atoms. The number of carbonyl (C=O) groups excluding carboxylic acids is 1. The highest BCUT2D eigenvalue weighted by Gasteiger charge is 2.13. The van der Waals surface area contributed by atoms with E-state index in [1.54, 1.807) is 7.11 Å². The standard InChI is InChI=1S/C16H19NO2/c1-3-13(11-19-2)17-16(18)15-10-6-8-12-7-4-5-9-14(12)15/h4-10,13H,3,11H2,1-2H3,(H,17,18). The van der Waals surface area contributed by atoms with Gasteiger partial charge in [0.1, 0.15) is 0 Å². The number of methoxy groups -OCH3 is 1. The van der Waals surface area contributed by atoms with Gasteiger partial charge in [0.15, 0.2) is 0 Å². The van der Waals surface area contributed by atoms with Crippen molar-refractivity contribution in [2.45, 2.75) is 19.4 Å². The Labute approximate surface area is 113 Å². The average molecular weight is 257 g/mol. The molecule has 0 bridgehead atoms. The first kappa shape index (κ1) is 13.6. The summed E-state index contributed by atoms with van der Waals surface area (Å²) in [5, 5.41) is 5.07.